The summed E-state index contributed by atoms with van der Waals surface area (Å²) in [4.78, 5) is 78.1. The molecule has 0 spiro atoms. The Bertz CT molecular complexity index is 1370. The minimum atomic E-state index is -1.71. The Morgan fingerprint density at radius 1 is 0.804 bits per heavy atom. The van der Waals surface area contributed by atoms with Crippen LogP contribution in [0.3, 0.4) is 0 Å². The van der Waals surface area contributed by atoms with Gasteiger partial charge < -0.3 is 36.8 Å². The van der Waals surface area contributed by atoms with Gasteiger partial charge in [-0.05, 0) is 36.3 Å². The third-order valence-corrected chi connectivity index (χ3v) is 7.71. The number of hydrogen-bond donors (Lipinski definition) is 6. The normalized spacial score (nSPS) is 17.0. The van der Waals surface area contributed by atoms with Crippen LogP contribution in [0.4, 0.5) is 0 Å². The fourth-order valence-corrected chi connectivity index (χ4v) is 5.42. The van der Waals surface area contributed by atoms with E-state index in [0.717, 1.165) is 5.56 Å². The molecule has 0 aromatic heterocycles. The van der Waals surface area contributed by atoms with Crippen molar-refractivity contribution in [3.05, 3.63) is 71.8 Å². The fraction of sp³-hybridized carbons (Fsp3) is 0.455. The maximum Gasteiger partial charge on any atom is 0.326 e. The number of carboxylic acids is 2. The lowest BCUT2D eigenvalue weighted by Crippen LogP contribution is -2.59. The Kier molecular flexibility index (Phi) is 13.2. The van der Waals surface area contributed by atoms with E-state index in [2.05, 4.69) is 16.0 Å². The highest BCUT2D eigenvalue weighted by atomic mass is 16.4. The van der Waals surface area contributed by atoms with Gasteiger partial charge in [0.25, 0.3) is 0 Å². The van der Waals surface area contributed by atoms with Gasteiger partial charge in [-0.25, -0.2) is 4.79 Å². The quantitative estimate of drug-likeness (QED) is 0.154. The lowest BCUT2D eigenvalue weighted by Gasteiger charge is -2.30. The first kappa shape index (κ1) is 35.7. The number of nitrogens with one attached hydrogen (secondary N) is 3. The number of aliphatic carboxylic acids is 2. The number of likely N-dealkylation sites (tertiary alicyclic amines) is 1. The molecule has 1 fully saturated rings. The van der Waals surface area contributed by atoms with Gasteiger partial charge in [0, 0.05) is 19.4 Å². The average Bonchev–Trinajstić information content (AvgIpc) is 3.50. The zero-order valence-electron chi connectivity index (χ0n) is 26.1. The maximum absolute atomic E-state index is 14.0. The second-order valence-electron chi connectivity index (χ2n) is 11.9. The van der Waals surface area contributed by atoms with Crippen LogP contribution >= 0.6 is 0 Å². The molecule has 1 aliphatic heterocycles. The van der Waals surface area contributed by atoms with Gasteiger partial charge in [-0.15, -0.1) is 0 Å². The fourth-order valence-electron chi connectivity index (χ4n) is 5.42. The summed E-state index contributed by atoms with van der Waals surface area (Å²) in [6.07, 6.45) is 0.522. The van der Waals surface area contributed by atoms with Crippen LogP contribution in [0, 0.1) is 5.92 Å². The number of nitrogens with zero attached hydrogens (tertiary/aromatic N) is 1. The molecule has 5 atom stereocenters. The second kappa shape index (κ2) is 17.1. The van der Waals surface area contributed by atoms with E-state index in [1.165, 1.54) is 4.90 Å². The molecule has 1 heterocycles. The zero-order valence-corrected chi connectivity index (χ0v) is 26.1. The molecule has 1 saturated heterocycles. The molecule has 4 amide bonds. The molecule has 248 valence electrons. The van der Waals surface area contributed by atoms with Crippen molar-refractivity contribution in [1.82, 2.24) is 20.9 Å². The van der Waals surface area contributed by atoms with Gasteiger partial charge in [0.1, 0.15) is 24.2 Å². The number of nitrogens with two attached hydrogens (primary N) is 1. The van der Waals surface area contributed by atoms with Crippen LogP contribution in [0.15, 0.2) is 60.7 Å². The molecule has 7 N–H and O–H groups in total. The molecule has 13 heteroatoms. The highest BCUT2D eigenvalue weighted by Gasteiger charge is 2.39. The number of benzene rings is 2. The predicted octanol–water partition coefficient (Wildman–Crippen LogP) is 0.850. The summed E-state index contributed by atoms with van der Waals surface area (Å²) in [5.74, 6) is -5.25. The van der Waals surface area contributed by atoms with E-state index in [1.54, 1.807) is 30.3 Å². The largest absolute Gasteiger partial charge is 0.481 e. The van der Waals surface area contributed by atoms with E-state index in [-0.39, 0.29) is 25.3 Å². The maximum atomic E-state index is 14.0. The summed E-state index contributed by atoms with van der Waals surface area (Å²) in [6.45, 7) is 4.12. The molecule has 0 bridgehead atoms. The highest BCUT2D eigenvalue weighted by molar-refractivity contribution is 5.96. The summed E-state index contributed by atoms with van der Waals surface area (Å²) >= 11 is 0. The number of carboxylic acid groups (broad SMARTS) is 2. The number of hydrogen-bond acceptors (Lipinski definition) is 7. The monoisotopic (exact) mass is 637 g/mol. The molecular formula is C33H43N5O8. The molecule has 0 unspecified atom stereocenters. The molecule has 13 nitrogen and oxygen atoms in total. The van der Waals surface area contributed by atoms with E-state index in [1.807, 2.05) is 44.2 Å². The molecule has 0 aliphatic carbocycles. The van der Waals surface area contributed by atoms with Gasteiger partial charge in [0.15, 0.2) is 0 Å². The Labute approximate surface area is 267 Å². The molecule has 1 aliphatic rings. The van der Waals surface area contributed by atoms with Crippen LogP contribution in [0.5, 0.6) is 0 Å². The molecular weight excluding hydrogens is 594 g/mol. The summed E-state index contributed by atoms with van der Waals surface area (Å²) in [5.41, 5.74) is 7.57. The first-order valence-corrected chi connectivity index (χ1v) is 15.3. The molecule has 2 aromatic rings. The summed E-state index contributed by atoms with van der Waals surface area (Å²) in [5, 5.41) is 26.2. The van der Waals surface area contributed by atoms with Crippen molar-refractivity contribution in [3.63, 3.8) is 0 Å². The zero-order chi connectivity index (χ0) is 33.8. The second-order valence-corrected chi connectivity index (χ2v) is 11.9. The van der Waals surface area contributed by atoms with Crippen LogP contribution in [-0.2, 0) is 41.6 Å². The molecule has 0 saturated carbocycles. The van der Waals surface area contributed by atoms with Crippen LogP contribution < -0.4 is 21.7 Å². The van der Waals surface area contributed by atoms with E-state index in [0.29, 0.717) is 24.8 Å². The number of carbonyl (C=O) groups is 6. The average molecular weight is 638 g/mol. The summed E-state index contributed by atoms with van der Waals surface area (Å²) < 4.78 is 0. The number of rotatable bonds is 16. The first-order chi connectivity index (χ1) is 21.8. The summed E-state index contributed by atoms with van der Waals surface area (Å²) in [7, 11) is 0. The Morgan fingerprint density at radius 2 is 1.35 bits per heavy atom. The molecule has 46 heavy (non-hydrogen) atoms. The Morgan fingerprint density at radius 3 is 1.87 bits per heavy atom. The van der Waals surface area contributed by atoms with Crippen LogP contribution in [-0.4, -0.2) is 87.4 Å². The number of amides is 4. The van der Waals surface area contributed by atoms with E-state index < -0.39 is 72.2 Å². The van der Waals surface area contributed by atoms with Crippen LogP contribution in [0.1, 0.15) is 50.7 Å². The smallest absolute Gasteiger partial charge is 0.326 e. The van der Waals surface area contributed by atoms with Gasteiger partial charge >= 0.3 is 11.9 Å². The van der Waals surface area contributed by atoms with E-state index in [9.17, 15) is 33.9 Å². The van der Waals surface area contributed by atoms with Crippen molar-refractivity contribution in [2.75, 3.05) is 6.54 Å². The van der Waals surface area contributed by atoms with Crippen molar-refractivity contribution in [3.8, 4) is 0 Å². The summed E-state index contributed by atoms with van der Waals surface area (Å²) in [6, 6.07) is 12.1. The van der Waals surface area contributed by atoms with E-state index >= 15 is 0 Å². The SMILES string of the molecule is CC(C)C[C@H](N)C(=O)N[C@@H](Cc1ccccc1)C(=O)N1CCC[C@H]1C(=O)N[C@@H](Cc1ccccc1)C(=O)N[C@@H](CC(=O)O)C(=O)O. The van der Waals surface area contributed by atoms with Gasteiger partial charge in [0.05, 0.1) is 12.5 Å². The van der Waals surface area contributed by atoms with E-state index in [4.69, 9.17) is 10.8 Å². The molecule has 2 aromatic carbocycles. The molecule has 0 radical (unpaired) electrons. The van der Waals surface area contributed by atoms with Crippen molar-refractivity contribution in [1.29, 1.82) is 0 Å². The van der Waals surface area contributed by atoms with Crippen LogP contribution in [0.25, 0.3) is 0 Å². The standard InChI is InChI=1S/C33H43N5O8/c1-20(2)16-23(34)29(41)36-25(18-22-12-7-4-8-13-22)32(44)38-15-9-14-27(38)31(43)35-24(17-21-10-5-3-6-11-21)30(42)37-26(33(45)46)19-28(39)40/h3-8,10-13,20,23-27H,9,14-19,34H2,1-2H3,(H,35,43)(H,36,41)(H,37,42)(H,39,40)(H,45,46)/t23-,24-,25-,26-,27-/m0/s1. The van der Waals surface area contributed by atoms with Crippen molar-refractivity contribution >= 4 is 35.6 Å². The Hall–Kier alpha value is -4.78. The minimum absolute atomic E-state index is 0.0150. The van der Waals surface area contributed by atoms with Crippen molar-refractivity contribution < 1.29 is 39.0 Å². The van der Waals surface area contributed by atoms with Crippen molar-refractivity contribution in [2.45, 2.75) is 82.6 Å². The highest BCUT2D eigenvalue weighted by Crippen LogP contribution is 2.21. The van der Waals surface area contributed by atoms with Crippen molar-refractivity contribution in [2.24, 2.45) is 11.7 Å². The third kappa shape index (κ3) is 10.7. The predicted molar refractivity (Wildman–Crippen MR) is 168 cm³/mol. The van der Waals surface area contributed by atoms with Gasteiger partial charge in [0.2, 0.25) is 23.6 Å². The van der Waals surface area contributed by atoms with Crippen LogP contribution in [0.2, 0.25) is 0 Å². The third-order valence-electron chi connectivity index (χ3n) is 7.71. The van der Waals surface area contributed by atoms with Gasteiger partial charge in [-0.1, -0.05) is 74.5 Å². The Balaban J connectivity index is 1.82. The first-order valence-electron chi connectivity index (χ1n) is 15.3. The number of carbonyl (C=O) groups excluding carboxylic acids is 4. The van der Waals surface area contributed by atoms with Gasteiger partial charge in [-0.3, -0.25) is 24.0 Å². The topological polar surface area (TPSA) is 208 Å². The lowest BCUT2D eigenvalue weighted by atomic mass is 10.0. The minimum Gasteiger partial charge on any atom is -0.481 e. The molecule has 3 rings (SSSR count). The lowest BCUT2D eigenvalue weighted by molar-refractivity contribution is -0.147. The van der Waals surface area contributed by atoms with Gasteiger partial charge in [-0.2, -0.15) is 0 Å².